The molecule has 0 spiro atoms. The molecular formula is C9H7F2N3O2. The number of methoxy groups -OCH3 is 1. The molecular weight excluding hydrogens is 220 g/mol. The van der Waals surface area contributed by atoms with Gasteiger partial charge in [-0.3, -0.25) is 0 Å². The van der Waals surface area contributed by atoms with Crippen molar-refractivity contribution in [2.45, 2.75) is 6.43 Å². The molecule has 84 valence electrons. The second-order valence-corrected chi connectivity index (χ2v) is 2.76. The van der Waals surface area contributed by atoms with E-state index in [1.807, 2.05) is 0 Å². The molecule has 0 aliphatic rings. The number of rotatable bonds is 2. The summed E-state index contributed by atoms with van der Waals surface area (Å²) in [4.78, 5) is 14.7. The van der Waals surface area contributed by atoms with Crippen LogP contribution in [0.5, 0.6) is 0 Å². The lowest BCUT2D eigenvalue weighted by Crippen LogP contribution is -2.12. The van der Waals surface area contributed by atoms with Gasteiger partial charge in [-0.2, -0.15) is 5.26 Å². The predicted octanol–water partition coefficient (Wildman–Crippen LogP) is 1.26. The van der Waals surface area contributed by atoms with Gasteiger partial charge in [-0.15, -0.1) is 0 Å². The highest BCUT2D eigenvalue weighted by atomic mass is 19.3. The van der Waals surface area contributed by atoms with Gasteiger partial charge in [-0.1, -0.05) is 0 Å². The number of alkyl halides is 2. The van der Waals surface area contributed by atoms with Gasteiger partial charge in [-0.25, -0.2) is 18.6 Å². The fourth-order valence-corrected chi connectivity index (χ4v) is 1.14. The minimum atomic E-state index is -2.94. The molecule has 1 aromatic rings. The van der Waals surface area contributed by atoms with Crippen molar-refractivity contribution in [2.24, 2.45) is 0 Å². The molecule has 0 fully saturated rings. The van der Waals surface area contributed by atoms with Crippen LogP contribution in [0.4, 0.5) is 14.6 Å². The van der Waals surface area contributed by atoms with E-state index in [4.69, 9.17) is 11.0 Å². The molecule has 0 aliphatic heterocycles. The van der Waals surface area contributed by atoms with Crippen molar-refractivity contribution in [2.75, 3.05) is 12.8 Å². The summed E-state index contributed by atoms with van der Waals surface area (Å²) in [5, 5.41) is 8.53. The highest BCUT2D eigenvalue weighted by Gasteiger charge is 2.23. The van der Waals surface area contributed by atoms with Gasteiger partial charge in [-0.05, 0) is 6.07 Å². The molecule has 0 radical (unpaired) electrons. The maximum absolute atomic E-state index is 12.6. The zero-order valence-corrected chi connectivity index (χ0v) is 8.20. The maximum Gasteiger partial charge on any atom is 0.342 e. The molecule has 1 aromatic heterocycles. The number of esters is 1. The minimum Gasteiger partial charge on any atom is -0.465 e. The number of nitrogens with two attached hydrogens (primary N) is 1. The first-order valence-corrected chi connectivity index (χ1v) is 4.08. The second kappa shape index (κ2) is 4.53. The Kier molecular flexibility index (Phi) is 3.35. The third-order valence-electron chi connectivity index (χ3n) is 1.82. The molecule has 2 N–H and O–H groups in total. The number of carbonyl (C=O) groups excluding carboxylic acids is 1. The summed E-state index contributed by atoms with van der Waals surface area (Å²) < 4.78 is 29.5. The third-order valence-corrected chi connectivity index (χ3v) is 1.82. The number of hydrogen-bond donors (Lipinski definition) is 1. The third kappa shape index (κ3) is 2.06. The van der Waals surface area contributed by atoms with Gasteiger partial charge in [0.1, 0.15) is 23.1 Å². The smallest absolute Gasteiger partial charge is 0.342 e. The molecule has 0 bridgehead atoms. The van der Waals surface area contributed by atoms with Crippen molar-refractivity contribution in [3.05, 3.63) is 22.9 Å². The zero-order chi connectivity index (χ0) is 12.3. The van der Waals surface area contributed by atoms with E-state index in [-0.39, 0.29) is 5.69 Å². The van der Waals surface area contributed by atoms with Crippen molar-refractivity contribution >= 4 is 11.8 Å². The Balaban J connectivity index is 3.47. The van der Waals surface area contributed by atoms with Gasteiger partial charge in [0.2, 0.25) is 0 Å². The number of anilines is 1. The lowest BCUT2D eigenvalue weighted by molar-refractivity contribution is 0.0590. The van der Waals surface area contributed by atoms with Crippen LogP contribution in [0.2, 0.25) is 0 Å². The number of nitrogen functional groups attached to an aromatic ring is 1. The summed E-state index contributed by atoms with van der Waals surface area (Å²) in [5.41, 5.74) is 3.88. The van der Waals surface area contributed by atoms with Crippen LogP contribution in [-0.2, 0) is 4.74 Å². The fraction of sp³-hybridized carbons (Fsp3) is 0.222. The van der Waals surface area contributed by atoms with Gasteiger partial charge in [0.15, 0.2) is 0 Å². The average Bonchev–Trinajstić information content (AvgIpc) is 2.26. The van der Waals surface area contributed by atoms with Gasteiger partial charge < -0.3 is 10.5 Å². The van der Waals surface area contributed by atoms with Crippen molar-refractivity contribution in [3.63, 3.8) is 0 Å². The van der Waals surface area contributed by atoms with Gasteiger partial charge >= 0.3 is 5.97 Å². The number of nitrogens with zero attached hydrogens (tertiary/aromatic N) is 2. The summed E-state index contributed by atoms with van der Waals surface area (Å²) in [7, 11) is 1.04. The van der Waals surface area contributed by atoms with Crippen molar-refractivity contribution in [1.82, 2.24) is 4.98 Å². The highest BCUT2D eigenvalue weighted by Crippen LogP contribution is 2.27. The second-order valence-electron chi connectivity index (χ2n) is 2.76. The maximum atomic E-state index is 12.6. The molecule has 0 aliphatic carbocycles. The normalized spacial score (nSPS) is 9.94. The standard InChI is InChI=1S/C9H7F2N3O2/c1-16-9(15)6-5(7(10)11)2-4(3-12)14-8(6)13/h2,7H,1H3,(H2,13,14). The number of ether oxygens (including phenoxy) is 1. The van der Waals surface area contributed by atoms with Crippen LogP contribution in [-0.4, -0.2) is 18.1 Å². The Morgan fingerprint density at radius 3 is 2.75 bits per heavy atom. The first-order chi connectivity index (χ1) is 7.51. The monoisotopic (exact) mass is 227 g/mol. The molecule has 0 saturated heterocycles. The topological polar surface area (TPSA) is 89.0 Å². The largest absolute Gasteiger partial charge is 0.465 e. The molecule has 5 nitrogen and oxygen atoms in total. The summed E-state index contributed by atoms with van der Waals surface area (Å²) in [6, 6.07) is 2.38. The Morgan fingerprint density at radius 2 is 2.31 bits per heavy atom. The van der Waals surface area contributed by atoms with E-state index >= 15 is 0 Å². The van der Waals surface area contributed by atoms with E-state index in [0.29, 0.717) is 0 Å². The Hall–Kier alpha value is -2.23. The SMILES string of the molecule is COC(=O)c1c(C(F)F)cc(C#N)nc1N. The molecule has 0 atom stereocenters. The molecule has 0 amide bonds. The van der Waals surface area contributed by atoms with E-state index in [1.54, 1.807) is 6.07 Å². The minimum absolute atomic E-state index is 0.277. The van der Waals surface area contributed by atoms with Crippen LogP contribution in [0.15, 0.2) is 6.07 Å². The lowest BCUT2D eigenvalue weighted by Gasteiger charge is -2.09. The molecule has 16 heavy (non-hydrogen) atoms. The highest BCUT2D eigenvalue weighted by molar-refractivity contribution is 5.96. The quantitative estimate of drug-likeness (QED) is 0.768. The lowest BCUT2D eigenvalue weighted by atomic mass is 10.1. The number of halogens is 2. The van der Waals surface area contributed by atoms with Gasteiger partial charge in [0.25, 0.3) is 6.43 Å². The van der Waals surface area contributed by atoms with E-state index in [0.717, 1.165) is 13.2 Å². The number of hydrogen-bond acceptors (Lipinski definition) is 5. The number of carbonyl (C=O) groups is 1. The van der Waals surface area contributed by atoms with E-state index in [1.165, 1.54) is 0 Å². The van der Waals surface area contributed by atoms with Crippen molar-refractivity contribution < 1.29 is 18.3 Å². The molecule has 1 heterocycles. The summed E-state index contributed by atoms with van der Waals surface area (Å²) in [6.07, 6.45) is -2.94. The Morgan fingerprint density at radius 1 is 1.69 bits per heavy atom. The van der Waals surface area contributed by atoms with Crippen LogP contribution in [0, 0.1) is 11.3 Å². The number of nitriles is 1. The van der Waals surface area contributed by atoms with E-state index in [2.05, 4.69) is 9.72 Å². The van der Waals surface area contributed by atoms with Crippen LogP contribution >= 0.6 is 0 Å². The van der Waals surface area contributed by atoms with Crippen molar-refractivity contribution in [1.29, 1.82) is 5.26 Å². The van der Waals surface area contributed by atoms with Crippen LogP contribution in [0.1, 0.15) is 28.0 Å². The number of pyridine rings is 1. The molecule has 0 saturated carbocycles. The predicted molar refractivity (Wildman–Crippen MR) is 49.7 cm³/mol. The summed E-state index contributed by atoms with van der Waals surface area (Å²) in [6.45, 7) is 0. The fourth-order valence-electron chi connectivity index (χ4n) is 1.14. The van der Waals surface area contributed by atoms with Crippen molar-refractivity contribution in [3.8, 4) is 6.07 Å². The van der Waals surface area contributed by atoms with E-state index < -0.39 is 29.3 Å². The first kappa shape index (κ1) is 11.8. The zero-order valence-electron chi connectivity index (χ0n) is 8.20. The molecule has 0 aromatic carbocycles. The summed E-state index contributed by atoms with van der Waals surface area (Å²) >= 11 is 0. The molecule has 1 rings (SSSR count). The van der Waals surface area contributed by atoms with Crippen LogP contribution in [0.25, 0.3) is 0 Å². The Labute approximate surface area is 89.4 Å². The molecule has 7 heteroatoms. The van der Waals surface area contributed by atoms with Gasteiger partial charge in [0.05, 0.1) is 7.11 Å². The molecule has 0 unspecified atom stereocenters. The first-order valence-electron chi connectivity index (χ1n) is 4.08. The van der Waals surface area contributed by atoms with Crippen LogP contribution < -0.4 is 5.73 Å². The van der Waals surface area contributed by atoms with Crippen LogP contribution in [0.3, 0.4) is 0 Å². The number of aromatic nitrogens is 1. The van der Waals surface area contributed by atoms with E-state index in [9.17, 15) is 13.6 Å². The average molecular weight is 227 g/mol. The summed E-state index contributed by atoms with van der Waals surface area (Å²) in [5.74, 6) is -1.45. The van der Waals surface area contributed by atoms with Gasteiger partial charge in [0, 0.05) is 5.56 Å². The Bertz CT molecular complexity index is 469.